The van der Waals surface area contributed by atoms with Gasteiger partial charge in [-0.3, -0.25) is 0 Å². The lowest BCUT2D eigenvalue weighted by atomic mass is 9.91. The molecule has 2 aliphatic rings. The van der Waals surface area contributed by atoms with Gasteiger partial charge in [-0.1, -0.05) is 11.6 Å². The first kappa shape index (κ1) is 14.4. The highest BCUT2D eigenvalue weighted by molar-refractivity contribution is 5.95. The molecule has 1 aromatic rings. The maximum atomic E-state index is 12.3. The second-order valence-electron chi connectivity index (χ2n) is 5.94. The van der Waals surface area contributed by atoms with E-state index >= 15 is 0 Å². The van der Waals surface area contributed by atoms with E-state index in [1.54, 1.807) is 12.1 Å². The first-order valence-corrected chi connectivity index (χ1v) is 7.37. The topological polar surface area (TPSA) is 70.8 Å². The number of nitrogen functional groups attached to an aromatic ring is 1. The van der Waals surface area contributed by atoms with E-state index in [-0.39, 0.29) is 17.7 Å². The van der Waals surface area contributed by atoms with Crippen molar-refractivity contribution in [2.45, 2.75) is 37.9 Å². The molecule has 2 N–H and O–H groups in total. The summed E-state index contributed by atoms with van der Waals surface area (Å²) in [7, 11) is 0. The van der Waals surface area contributed by atoms with Gasteiger partial charge in [-0.15, -0.1) is 0 Å². The van der Waals surface area contributed by atoms with Crippen LogP contribution in [-0.4, -0.2) is 37.5 Å². The lowest BCUT2D eigenvalue weighted by Crippen LogP contribution is -2.43. The van der Waals surface area contributed by atoms with E-state index in [2.05, 4.69) is 0 Å². The second-order valence-corrected chi connectivity index (χ2v) is 5.94. The fraction of sp³-hybridized carbons (Fsp3) is 0.562. The van der Waals surface area contributed by atoms with Gasteiger partial charge in [0.15, 0.2) is 0 Å². The summed E-state index contributed by atoms with van der Waals surface area (Å²) in [4.78, 5) is 12.3. The summed E-state index contributed by atoms with van der Waals surface area (Å²) >= 11 is 0. The van der Waals surface area contributed by atoms with E-state index in [9.17, 15) is 4.79 Å². The monoisotopic (exact) mass is 291 g/mol. The van der Waals surface area contributed by atoms with Crippen molar-refractivity contribution >= 4 is 11.7 Å². The first-order chi connectivity index (χ1) is 10.1. The molecular weight excluding hydrogens is 270 g/mol. The highest BCUT2D eigenvalue weighted by atomic mass is 16.6. The molecule has 0 aromatic heterocycles. The largest absolute Gasteiger partial charge is 0.459 e. The minimum Gasteiger partial charge on any atom is -0.459 e. The Labute approximate surface area is 124 Å². The molecule has 0 saturated carbocycles. The van der Waals surface area contributed by atoms with Crippen LogP contribution in [0.4, 0.5) is 5.69 Å². The molecule has 1 spiro atoms. The molecule has 2 unspecified atom stereocenters. The number of aryl methyl sites for hydroxylation is 1. The van der Waals surface area contributed by atoms with Crippen LogP contribution in [-0.2, 0) is 14.2 Å². The number of carbonyl (C=O) groups is 1. The molecule has 0 amide bonds. The van der Waals surface area contributed by atoms with E-state index in [1.807, 2.05) is 13.0 Å². The molecule has 21 heavy (non-hydrogen) atoms. The van der Waals surface area contributed by atoms with Gasteiger partial charge >= 0.3 is 5.97 Å². The number of rotatable bonds is 2. The summed E-state index contributed by atoms with van der Waals surface area (Å²) in [6.45, 7) is 3.83. The average Bonchev–Trinajstić information content (AvgIpc) is 2.89. The Morgan fingerprint density at radius 2 is 2.29 bits per heavy atom. The molecule has 2 fully saturated rings. The molecule has 5 nitrogen and oxygen atoms in total. The van der Waals surface area contributed by atoms with E-state index in [0.717, 1.165) is 18.4 Å². The Morgan fingerprint density at radius 1 is 1.43 bits per heavy atom. The number of esters is 1. The number of hydrogen-bond donors (Lipinski definition) is 1. The summed E-state index contributed by atoms with van der Waals surface area (Å²) in [5.41, 5.74) is 7.49. The van der Waals surface area contributed by atoms with Crippen molar-refractivity contribution in [1.82, 2.24) is 0 Å². The molecule has 114 valence electrons. The van der Waals surface area contributed by atoms with Crippen LogP contribution in [0.15, 0.2) is 18.2 Å². The van der Waals surface area contributed by atoms with Gasteiger partial charge in [-0.25, -0.2) is 4.79 Å². The molecule has 2 saturated heterocycles. The van der Waals surface area contributed by atoms with Crippen molar-refractivity contribution in [1.29, 1.82) is 0 Å². The number of benzene rings is 1. The van der Waals surface area contributed by atoms with Crippen LogP contribution in [0, 0.1) is 6.92 Å². The van der Waals surface area contributed by atoms with Crippen LogP contribution in [0.2, 0.25) is 0 Å². The average molecular weight is 291 g/mol. The minimum absolute atomic E-state index is 0.132. The molecule has 1 aromatic carbocycles. The summed E-state index contributed by atoms with van der Waals surface area (Å²) in [5.74, 6) is -0.350. The molecule has 0 radical (unpaired) electrons. The zero-order chi connectivity index (χ0) is 14.9. The van der Waals surface area contributed by atoms with Crippen LogP contribution in [0.1, 0.15) is 35.2 Å². The summed E-state index contributed by atoms with van der Waals surface area (Å²) < 4.78 is 16.9. The third-order valence-corrected chi connectivity index (χ3v) is 4.22. The fourth-order valence-corrected chi connectivity index (χ4v) is 3.01. The number of carbonyl (C=O) groups excluding carboxylic acids is 1. The van der Waals surface area contributed by atoms with Gasteiger partial charge in [0.1, 0.15) is 6.10 Å². The van der Waals surface area contributed by atoms with Gasteiger partial charge in [0.05, 0.1) is 24.4 Å². The molecule has 2 aliphatic heterocycles. The summed E-state index contributed by atoms with van der Waals surface area (Å²) in [5, 5.41) is 0. The first-order valence-electron chi connectivity index (χ1n) is 7.37. The van der Waals surface area contributed by atoms with Crippen LogP contribution in [0.25, 0.3) is 0 Å². The zero-order valence-corrected chi connectivity index (χ0v) is 12.3. The maximum absolute atomic E-state index is 12.3. The Balaban J connectivity index is 1.68. The Kier molecular flexibility index (Phi) is 3.87. The fourth-order valence-electron chi connectivity index (χ4n) is 3.01. The Bertz CT molecular complexity index is 537. The number of hydrogen-bond acceptors (Lipinski definition) is 5. The zero-order valence-electron chi connectivity index (χ0n) is 12.3. The molecule has 0 bridgehead atoms. The lowest BCUT2D eigenvalue weighted by Gasteiger charge is -2.36. The predicted molar refractivity (Wildman–Crippen MR) is 78.1 cm³/mol. The standard InChI is InChI=1S/C16H21NO4/c1-11-2-3-14(17)13(8-11)15(18)21-12-4-6-20-16(9-12)5-7-19-10-16/h2-3,8,12H,4-7,9-10,17H2,1H3. The Hall–Kier alpha value is -1.59. The second kappa shape index (κ2) is 5.66. The number of nitrogens with two attached hydrogens (primary N) is 1. The molecular formula is C16H21NO4. The van der Waals surface area contributed by atoms with Crippen LogP contribution in [0.5, 0.6) is 0 Å². The quantitative estimate of drug-likeness (QED) is 0.667. The van der Waals surface area contributed by atoms with Gasteiger partial charge < -0.3 is 19.9 Å². The van der Waals surface area contributed by atoms with Crippen LogP contribution >= 0.6 is 0 Å². The predicted octanol–water partition coefficient (Wildman–Crippen LogP) is 2.07. The highest BCUT2D eigenvalue weighted by Gasteiger charge is 2.42. The van der Waals surface area contributed by atoms with Gasteiger partial charge in [-0.05, 0) is 19.1 Å². The van der Waals surface area contributed by atoms with Crippen molar-refractivity contribution < 1.29 is 19.0 Å². The van der Waals surface area contributed by atoms with Crippen molar-refractivity contribution in [2.75, 3.05) is 25.6 Å². The smallest absolute Gasteiger partial charge is 0.340 e. The third kappa shape index (κ3) is 3.04. The van der Waals surface area contributed by atoms with Crippen molar-refractivity contribution in [3.63, 3.8) is 0 Å². The minimum atomic E-state index is -0.350. The summed E-state index contributed by atoms with van der Waals surface area (Å²) in [6, 6.07) is 5.39. The maximum Gasteiger partial charge on any atom is 0.340 e. The normalized spacial score (nSPS) is 28.7. The highest BCUT2D eigenvalue weighted by Crippen LogP contribution is 2.34. The molecule has 5 heteroatoms. The van der Waals surface area contributed by atoms with Crippen molar-refractivity contribution in [3.05, 3.63) is 29.3 Å². The molecule has 2 atom stereocenters. The summed E-state index contributed by atoms with van der Waals surface area (Å²) in [6.07, 6.45) is 2.16. The van der Waals surface area contributed by atoms with Gasteiger partial charge in [-0.2, -0.15) is 0 Å². The van der Waals surface area contributed by atoms with Crippen molar-refractivity contribution in [3.8, 4) is 0 Å². The van der Waals surface area contributed by atoms with Crippen molar-refractivity contribution in [2.24, 2.45) is 0 Å². The van der Waals surface area contributed by atoms with E-state index in [1.165, 1.54) is 0 Å². The number of anilines is 1. The lowest BCUT2D eigenvalue weighted by molar-refractivity contribution is -0.120. The molecule has 2 heterocycles. The van der Waals surface area contributed by atoms with Crippen LogP contribution in [0.3, 0.4) is 0 Å². The van der Waals surface area contributed by atoms with Gasteiger partial charge in [0, 0.05) is 31.6 Å². The van der Waals surface area contributed by atoms with E-state index < -0.39 is 0 Å². The van der Waals surface area contributed by atoms with E-state index in [4.69, 9.17) is 19.9 Å². The number of ether oxygens (including phenoxy) is 3. The van der Waals surface area contributed by atoms with E-state index in [0.29, 0.717) is 37.5 Å². The van der Waals surface area contributed by atoms with Gasteiger partial charge in [0.2, 0.25) is 0 Å². The SMILES string of the molecule is Cc1ccc(N)c(C(=O)OC2CCOC3(CCOC3)C2)c1. The third-order valence-electron chi connectivity index (χ3n) is 4.22. The Morgan fingerprint density at radius 3 is 3.05 bits per heavy atom. The van der Waals surface area contributed by atoms with Gasteiger partial charge in [0.25, 0.3) is 0 Å². The molecule has 3 rings (SSSR count). The van der Waals surface area contributed by atoms with Crippen LogP contribution < -0.4 is 5.73 Å². The molecule has 0 aliphatic carbocycles.